The van der Waals surface area contributed by atoms with Gasteiger partial charge in [-0.3, -0.25) is 4.79 Å². The number of fused-ring (bicyclic) bond motifs is 1. The normalized spacial score (nSPS) is 14.9. The Kier molecular flexibility index (Phi) is 4.60. The van der Waals surface area contributed by atoms with Gasteiger partial charge in [-0.25, -0.2) is 4.98 Å². The van der Waals surface area contributed by atoms with E-state index in [1.165, 1.54) is 6.42 Å². The second-order valence-electron chi connectivity index (χ2n) is 7.42. The van der Waals surface area contributed by atoms with Crippen LogP contribution in [-0.2, 0) is 0 Å². The van der Waals surface area contributed by atoms with Crippen LogP contribution in [0.1, 0.15) is 42.5 Å². The third-order valence-corrected chi connectivity index (χ3v) is 5.45. The van der Waals surface area contributed by atoms with Crippen LogP contribution in [0.2, 0.25) is 0 Å². The molecule has 146 valence electrons. The van der Waals surface area contributed by atoms with Crippen LogP contribution in [0, 0.1) is 0 Å². The van der Waals surface area contributed by atoms with Crippen LogP contribution in [0.3, 0.4) is 0 Å². The minimum atomic E-state index is -0.127. The summed E-state index contributed by atoms with van der Waals surface area (Å²) in [6.45, 7) is 0. The highest BCUT2D eigenvalue weighted by atomic mass is 16.5. The Hall–Kier alpha value is -3.41. The monoisotopic (exact) mass is 387 g/mol. The van der Waals surface area contributed by atoms with Crippen LogP contribution in [0.5, 0.6) is 0 Å². The summed E-state index contributed by atoms with van der Waals surface area (Å²) in [6.07, 6.45) is 7.14. The molecule has 0 atom stereocenters. The fraction of sp³-hybridized carbons (Fsp3) is 0.261. The number of nitrogens with one attached hydrogen (secondary N) is 1. The largest absolute Gasteiger partial charge is 0.463 e. The van der Waals surface area contributed by atoms with Crippen LogP contribution >= 0.6 is 0 Å². The van der Waals surface area contributed by atoms with Crippen LogP contribution in [-0.4, -0.2) is 22.1 Å². The summed E-state index contributed by atoms with van der Waals surface area (Å²) in [5.41, 5.74) is 2.88. The van der Waals surface area contributed by atoms with Gasteiger partial charge in [0.25, 0.3) is 11.6 Å². The number of rotatable bonds is 4. The maximum Gasteiger partial charge on any atom is 0.259 e. The molecule has 0 unspecified atom stereocenters. The Morgan fingerprint density at radius 1 is 1.03 bits per heavy atom. The fourth-order valence-electron chi connectivity index (χ4n) is 3.98. The number of pyridine rings is 1. The highest BCUT2D eigenvalue weighted by Gasteiger charge is 2.24. The van der Waals surface area contributed by atoms with E-state index in [0.717, 1.165) is 31.2 Å². The Morgan fingerprint density at radius 3 is 2.62 bits per heavy atom. The molecule has 1 fully saturated rings. The lowest BCUT2D eigenvalue weighted by molar-refractivity contribution is 0.0929. The molecule has 0 saturated heterocycles. The summed E-state index contributed by atoms with van der Waals surface area (Å²) in [5.74, 6) is 0.453. The lowest BCUT2D eigenvalue weighted by Crippen LogP contribution is -2.36. The van der Waals surface area contributed by atoms with Crippen molar-refractivity contribution in [3.63, 3.8) is 0 Å². The quantitative estimate of drug-likeness (QED) is 0.520. The standard InChI is InChI=1S/C23H21N3O3/c27-22(24-16-10-5-2-6-11-16)17-14-18(19-12-7-13-28-19)25-23-20(17)21(26-29-23)15-8-3-1-4-9-15/h1,3-4,7-9,12-14,16H,2,5-6,10-11H2,(H,24,27). The van der Waals surface area contributed by atoms with Gasteiger partial charge in [0.2, 0.25) is 0 Å². The molecular weight excluding hydrogens is 366 g/mol. The third-order valence-electron chi connectivity index (χ3n) is 5.45. The molecule has 0 aliphatic heterocycles. The highest BCUT2D eigenvalue weighted by molar-refractivity contribution is 6.10. The average molecular weight is 387 g/mol. The molecule has 1 amide bonds. The average Bonchev–Trinajstić information content (AvgIpc) is 3.44. The first-order valence-corrected chi connectivity index (χ1v) is 10.0. The zero-order chi connectivity index (χ0) is 19.6. The Bertz CT molecular complexity index is 1130. The maximum atomic E-state index is 13.3. The predicted molar refractivity (Wildman–Crippen MR) is 109 cm³/mol. The van der Waals surface area contributed by atoms with Gasteiger partial charge in [-0.1, -0.05) is 54.8 Å². The molecule has 0 spiro atoms. The fourth-order valence-corrected chi connectivity index (χ4v) is 3.98. The van der Waals surface area contributed by atoms with E-state index in [0.29, 0.717) is 33.8 Å². The molecule has 0 bridgehead atoms. The van der Waals surface area contributed by atoms with E-state index in [-0.39, 0.29) is 11.9 Å². The van der Waals surface area contributed by atoms with Gasteiger partial charge in [0, 0.05) is 11.6 Å². The molecular formula is C23H21N3O3. The van der Waals surface area contributed by atoms with Crippen molar-refractivity contribution in [3.05, 3.63) is 60.4 Å². The summed E-state index contributed by atoms with van der Waals surface area (Å²) in [6, 6.07) is 15.3. The minimum absolute atomic E-state index is 0.127. The third kappa shape index (κ3) is 3.42. The SMILES string of the molecule is O=C(NC1CCCCC1)c1cc(-c2ccco2)nc2onc(-c3ccccc3)c12. The molecule has 6 nitrogen and oxygen atoms in total. The van der Waals surface area contributed by atoms with Crippen molar-refractivity contribution in [2.45, 2.75) is 38.1 Å². The molecule has 1 N–H and O–H groups in total. The van der Waals surface area contributed by atoms with E-state index >= 15 is 0 Å². The molecule has 3 heterocycles. The number of hydrogen-bond donors (Lipinski definition) is 1. The number of furan rings is 1. The molecule has 4 aromatic rings. The molecule has 1 saturated carbocycles. The zero-order valence-corrected chi connectivity index (χ0v) is 15.9. The molecule has 6 heteroatoms. The number of hydrogen-bond acceptors (Lipinski definition) is 5. The number of aromatic nitrogens is 2. The zero-order valence-electron chi connectivity index (χ0n) is 15.9. The highest BCUT2D eigenvalue weighted by Crippen LogP contribution is 2.33. The van der Waals surface area contributed by atoms with Gasteiger partial charge in [0.1, 0.15) is 11.4 Å². The van der Waals surface area contributed by atoms with E-state index in [1.54, 1.807) is 18.4 Å². The lowest BCUT2D eigenvalue weighted by Gasteiger charge is -2.23. The number of benzene rings is 1. The summed E-state index contributed by atoms with van der Waals surface area (Å²) < 4.78 is 11.0. The number of nitrogens with zero attached hydrogens (tertiary/aromatic N) is 2. The van der Waals surface area contributed by atoms with Gasteiger partial charge in [0.15, 0.2) is 5.76 Å². The van der Waals surface area contributed by atoms with Crippen molar-refractivity contribution < 1.29 is 13.7 Å². The molecule has 0 radical (unpaired) electrons. The van der Waals surface area contributed by atoms with Crippen molar-refractivity contribution in [1.82, 2.24) is 15.5 Å². The first-order valence-electron chi connectivity index (χ1n) is 10.0. The first-order chi connectivity index (χ1) is 14.3. The molecule has 1 aliphatic rings. The molecule has 5 rings (SSSR count). The van der Waals surface area contributed by atoms with Crippen molar-refractivity contribution in [1.29, 1.82) is 0 Å². The Morgan fingerprint density at radius 2 is 1.86 bits per heavy atom. The molecule has 1 aliphatic carbocycles. The van der Waals surface area contributed by atoms with E-state index in [1.807, 2.05) is 36.4 Å². The van der Waals surface area contributed by atoms with Crippen molar-refractivity contribution in [2.75, 3.05) is 0 Å². The van der Waals surface area contributed by atoms with E-state index in [9.17, 15) is 4.79 Å². The topological polar surface area (TPSA) is 81.2 Å². The van der Waals surface area contributed by atoms with Gasteiger partial charge in [-0.15, -0.1) is 0 Å². The van der Waals surface area contributed by atoms with Gasteiger partial charge in [-0.05, 0) is 31.0 Å². The van der Waals surface area contributed by atoms with Crippen LogP contribution < -0.4 is 5.32 Å². The smallest absolute Gasteiger partial charge is 0.259 e. The van der Waals surface area contributed by atoms with E-state index in [4.69, 9.17) is 8.94 Å². The molecule has 1 aromatic carbocycles. The van der Waals surface area contributed by atoms with Gasteiger partial charge >= 0.3 is 0 Å². The summed E-state index contributed by atoms with van der Waals surface area (Å²) in [5, 5.41) is 8.06. The van der Waals surface area contributed by atoms with E-state index in [2.05, 4.69) is 15.5 Å². The van der Waals surface area contributed by atoms with Gasteiger partial charge in [-0.2, -0.15) is 0 Å². The Balaban J connectivity index is 1.63. The van der Waals surface area contributed by atoms with Crippen molar-refractivity contribution >= 4 is 17.0 Å². The number of carbonyl (C=O) groups is 1. The van der Waals surface area contributed by atoms with Gasteiger partial charge in [0.05, 0.1) is 17.2 Å². The lowest BCUT2D eigenvalue weighted by atomic mass is 9.95. The van der Waals surface area contributed by atoms with Crippen LogP contribution in [0.4, 0.5) is 0 Å². The summed E-state index contributed by atoms with van der Waals surface area (Å²) in [4.78, 5) is 17.8. The molecule has 3 aromatic heterocycles. The van der Waals surface area contributed by atoms with Gasteiger partial charge < -0.3 is 14.3 Å². The maximum absolute atomic E-state index is 13.3. The van der Waals surface area contributed by atoms with Crippen molar-refractivity contribution in [2.24, 2.45) is 0 Å². The van der Waals surface area contributed by atoms with E-state index < -0.39 is 0 Å². The second-order valence-corrected chi connectivity index (χ2v) is 7.42. The summed E-state index contributed by atoms with van der Waals surface area (Å²) >= 11 is 0. The summed E-state index contributed by atoms with van der Waals surface area (Å²) in [7, 11) is 0. The number of carbonyl (C=O) groups excluding carboxylic acids is 1. The molecule has 29 heavy (non-hydrogen) atoms. The van der Waals surface area contributed by atoms with Crippen LogP contribution in [0.15, 0.2) is 63.7 Å². The minimum Gasteiger partial charge on any atom is -0.463 e. The first kappa shape index (κ1) is 17.7. The second kappa shape index (κ2) is 7.54. The number of amides is 1. The Labute approximate surface area is 167 Å². The van der Waals surface area contributed by atoms with Crippen LogP contribution in [0.25, 0.3) is 33.8 Å². The van der Waals surface area contributed by atoms with Crippen molar-refractivity contribution in [3.8, 4) is 22.7 Å². The predicted octanol–water partition coefficient (Wildman–Crippen LogP) is 5.21.